The molecule has 0 aliphatic rings. The SMILES string of the molecule is CCNC(=O)C(C)N(Cc1ccc(Cl)cc1)C(=O)CN(c1cccc(Cl)c1C)S(C)(=O)=O. The van der Waals surface area contributed by atoms with Crippen LogP contribution in [0.1, 0.15) is 25.0 Å². The Labute approximate surface area is 199 Å². The number of hydrogen-bond acceptors (Lipinski definition) is 4. The number of halogens is 2. The van der Waals surface area contributed by atoms with Crippen molar-refractivity contribution < 1.29 is 18.0 Å². The maximum atomic E-state index is 13.4. The van der Waals surface area contributed by atoms with Gasteiger partial charge in [-0.25, -0.2) is 8.42 Å². The summed E-state index contributed by atoms with van der Waals surface area (Å²) in [6, 6.07) is 10.9. The van der Waals surface area contributed by atoms with Crippen molar-refractivity contribution in [3.63, 3.8) is 0 Å². The third-order valence-electron chi connectivity index (χ3n) is 4.97. The first-order valence-electron chi connectivity index (χ1n) is 10.00. The summed E-state index contributed by atoms with van der Waals surface area (Å²) in [5, 5.41) is 3.64. The molecule has 10 heteroatoms. The number of nitrogens with zero attached hydrogens (tertiary/aromatic N) is 2. The molecule has 2 aromatic carbocycles. The van der Waals surface area contributed by atoms with Crippen molar-refractivity contribution in [2.45, 2.75) is 33.4 Å². The summed E-state index contributed by atoms with van der Waals surface area (Å²) in [6.07, 6.45) is 1.03. The van der Waals surface area contributed by atoms with Gasteiger partial charge in [-0.05, 0) is 56.2 Å². The van der Waals surface area contributed by atoms with Crippen LogP contribution in [-0.4, -0.2) is 50.5 Å². The molecule has 0 spiro atoms. The molecule has 0 fully saturated rings. The fourth-order valence-electron chi connectivity index (χ4n) is 3.15. The summed E-state index contributed by atoms with van der Waals surface area (Å²) >= 11 is 12.1. The number of carbonyl (C=O) groups excluding carboxylic acids is 2. The van der Waals surface area contributed by atoms with Crippen molar-refractivity contribution in [1.82, 2.24) is 10.2 Å². The van der Waals surface area contributed by atoms with Crippen LogP contribution in [-0.2, 0) is 26.2 Å². The van der Waals surface area contributed by atoms with Crippen molar-refractivity contribution in [3.8, 4) is 0 Å². The molecule has 0 aliphatic carbocycles. The van der Waals surface area contributed by atoms with Crippen molar-refractivity contribution in [2.24, 2.45) is 0 Å². The molecule has 0 saturated carbocycles. The topological polar surface area (TPSA) is 86.8 Å². The van der Waals surface area contributed by atoms with Crippen molar-refractivity contribution in [3.05, 3.63) is 63.6 Å². The zero-order valence-corrected chi connectivity index (χ0v) is 20.8. The smallest absolute Gasteiger partial charge is 0.244 e. The number of hydrogen-bond donors (Lipinski definition) is 1. The molecule has 7 nitrogen and oxygen atoms in total. The lowest BCUT2D eigenvalue weighted by atomic mass is 10.1. The Bertz CT molecular complexity index is 1080. The average molecular weight is 500 g/mol. The number of likely N-dealkylation sites (N-methyl/N-ethyl adjacent to an activating group) is 1. The summed E-state index contributed by atoms with van der Waals surface area (Å²) in [7, 11) is -3.81. The Balaban J connectivity index is 2.42. The first kappa shape index (κ1) is 26.0. The van der Waals surface area contributed by atoms with Crippen LogP contribution in [0.15, 0.2) is 42.5 Å². The van der Waals surface area contributed by atoms with E-state index in [1.54, 1.807) is 63.2 Å². The first-order chi connectivity index (χ1) is 15.0. The van der Waals surface area contributed by atoms with Gasteiger partial charge in [0.2, 0.25) is 21.8 Å². The Morgan fingerprint density at radius 2 is 1.72 bits per heavy atom. The van der Waals surface area contributed by atoms with Crippen LogP contribution in [0.3, 0.4) is 0 Å². The first-order valence-corrected chi connectivity index (χ1v) is 12.6. The number of sulfonamides is 1. The van der Waals surface area contributed by atoms with Gasteiger partial charge in [-0.2, -0.15) is 0 Å². The second-order valence-electron chi connectivity index (χ2n) is 7.37. The molecular weight excluding hydrogens is 473 g/mol. The third kappa shape index (κ3) is 6.60. The van der Waals surface area contributed by atoms with Crippen molar-refractivity contribution in [1.29, 1.82) is 0 Å². The molecule has 0 saturated heterocycles. The van der Waals surface area contributed by atoms with E-state index in [-0.39, 0.29) is 12.5 Å². The minimum atomic E-state index is -3.81. The number of anilines is 1. The molecular formula is C22H27Cl2N3O4S. The molecule has 0 aliphatic heterocycles. The van der Waals surface area contributed by atoms with Crippen LogP contribution in [0.25, 0.3) is 0 Å². The molecule has 1 atom stereocenters. The van der Waals surface area contributed by atoms with Gasteiger partial charge in [-0.15, -0.1) is 0 Å². The van der Waals surface area contributed by atoms with E-state index in [1.165, 1.54) is 4.90 Å². The monoisotopic (exact) mass is 499 g/mol. The second kappa shape index (κ2) is 11.0. The molecule has 32 heavy (non-hydrogen) atoms. The van der Waals surface area contributed by atoms with E-state index in [9.17, 15) is 18.0 Å². The zero-order chi connectivity index (χ0) is 24.1. The van der Waals surface area contributed by atoms with Crippen LogP contribution < -0.4 is 9.62 Å². The highest BCUT2D eigenvalue weighted by Crippen LogP contribution is 2.28. The van der Waals surface area contributed by atoms with Gasteiger partial charge in [0.05, 0.1) is 11.9 Å². The molecule has 174 valence electrons. The Morgan fingerprint density at radius 3 is 2.28 bits per heavy atom. The fourth-order valence-corrected chi connectivity index (χ4v) is 4.35. The summed E-state index contributed by atoms with van der Waals surface area (Å²) in [6.45, 7) is 5.11. The number of carbonyl (C=O) groups is 2. The van der Waals surface area contributed by atoms with Crippen LogP contribution >= 0.6 is 23.2 Å². The number of nitrogens with one attached hydrogen (secondary N) is 1. The van der Waals surface area contributed by atoms with E-state index in [0.717, 1.165) is 16.1 Å². The van der Waals surface area contributed by atoms with Crippen molar-refractivity contribution >= 4 is 50.7 Å². The molecule has 0 aromatic heterocycles. The van der Waals surface area contributed by atoms with Gasteiger partial charge in [-0.3, -0.25) is 13.9 Å². The van der Waals surface area contributed by atoms with Crippen LogP contribution in [0.4, 0.5) is 5.69 Å². The number of amides is 2. The van der Waals surface area contributed by atoms with E-state index in [4.69, 9.17) is 23.2 Å². The highest BCUT2D eigenvalue weighted by Gasteiger charge is 2.30. The predicted octanol–water partition coefficient (Wildman–Crippen LogP) is 3.62. The fraction of sp³-hybridized carbons (Fsp3) is 0.364. The van der Waals surface area contributed by atoms with E-state index in [1.807, 2.05) is 0 Å². The Kier molecular flexibility index (Phi) is 8.95. The lowest BCUT2D eigenvalue weighted by Gasteiger charge is -2.32. The molecule has 0 radical (unpaired) electrons. The number of rotatable bonds is 9. The third-order valence-corrected chi connectivity index (χ3v) is 6.76. The average Bonchev–Trinajstić information content (AvgIpc) is 2.72. The van der Waals surface area contributed by atoms with Crippen molar-refractivity contribution in [2.75, 3.05) is 23.7 Å². The highest BCUT2D eigenvalue weighted by molar-refractivity contribution is 7.92. The standard InChI is InChI=1S/C22H27Cl2N3O4S/c1-5-25-22(29)16(3)26(13-17-9-11-18(23)12-10-17)21(28)14-27(32(4,30)31)20-8-6-7-19(24)15(20)2/h6-12,16H,5,13-14H2,1-4H3,(H,25,29). The highest BCUT2D eigenvalue weighted by atomic mass is 35.5. The van der Waals surface area contributed by atoms with Gasteiger partial charge in [-0.1, -0.05) is 41.4 Å². The van der Waals surface area contributed by atoms with Crippen LogP contribution in [0, 0.1) is 6.92 Å². The molecule has 1 N–H and O–H groups in total. The molecule has 0 heterocycles. The maximum Gasteiger partial charge on any atom is 0.244 e. The molecule has 2 aromatic rings. The van der Waals surface area contributed by atoms with Gasteiger partial charge in [0, 0.05) is 23.1 Å². The van der Waals surface area contributed by atoms with Gasteiger partial charge in [0.15, 0.2) is 0 Å². The van der Waals surface area contributed by atoms with E-state index < -0.39 is 28.5 Å². The lowest BCUT2D eigenvalue weighted by Crippen LogP contribution is -2.51. The quantitative estimate of drug-likeness (QED) is 0.570. The van der Waals surface area contributed by atoms with E-state index in [0.29, 0.717) is 27.8 Å². The zero-order valence-electron chi connectivity index (χ0n) is 18.4. The second-order valence-corrected chi connectivity index (χ2v) is 10.1. The molecule has 2 rings (SSSR count). The predicted molar refractivity (Wildman–Crippen MR) is 129 cm³/mol. The van der Waals surface area contributed by atoms with Gasteiger partial charge in [0.25, 0.3) is 0 Å². The Hall–Kier alpha value is -2.29. The van der Waals surface area contributed by atoms with Gasteiger partial charge in [0.1, 0.15) is 12.6 Å². The summed E-state index contributed by atoms with van der Waals surface area (Å²) in [4.78, 5) is 27.2. The summed E-state index contributed by atoms with van der Waals surface area (Å²) in [5.41, 5.74) is 1.60. The Morgan fingerprint density at radius 1 is 1.09 bits per heavy atom. The maximum absolute atomic E-state index is 13.4. The van der Waals surface area contributed by atoms with Gasteiger partial charge < -0.3 is 10.2 Å². The molecule has 2 amide bonds. The largest absolute Gasteiger partial charge is 0.355 e. The minimum absolute atomic E-state index is 0.112. The summed E-state index contributed by atoms with van der Waals surface area (Å²) in [5.74, 6) is -0.858. The summed E-state index contributed by atoms with van der Waals surface area (Å²) < 4.78 is 26.2. The van der Waals surface area contributed by atoms with Crippen LogP contribution in [0.5, 0.6) is 0 Å². The van der Waals surface area contributed by atoms with E-state index in [2.05, 4.69) is 5.32 Å². The van der Waals surface area contributed by atoms with Gasteiger partial charge >= 0.3 is 0 Å². The normalized spacial score (nSPS) is 12.2. The number of benzene rings is 2. The minimum Gasteiger partial charge on any atom is -0.355 e. The molecule has 1 unspecified atom stereocenters. The molecule has 0 bridgehead atoms. The lowest BCUT2D eigenvalue weighted by molar-refractivity contribution is -0.139. The van der Waals surface area contributed by atoms with Crippen LogP contribution in [0.2, 0.25) is 10.0 Å². The van der Waals surface area contributed by atoms with E-state index >= 15 is 0 Å².